The zero-order chi connectivity index (χ0) is 22.1. The molecule has 3 rings (SSSR count). The number of nitrogens with zero attached hydrogens (tertiary/aromatic N) is 6. The molecule has 1 aliphatic rings. The molecule has 0 radical (unpaired) electrons. The van der Waals surface area contributed by atoms with Gasteiger partial charge in [-0.15, -0.1) is 0 Å². The third-order valence-electron chi connectivity index (χ3n) is 4.70. The van der Waals surface area contributed by atoms with Gasteiger partial charge >= 0.3 is 5.97 Å². The Labute approximate surface area is 173 Å². The monoisotopic (exact) mass is 416 g/mol. The standard InChI is InChI=1S/C19H24N6O5/c1-11(2)18(28)29-8-19(7-20)16(27)14(26)15(30-19)12-5-6-13-17(22-10-24(3)4)21-9-23-25(12)13/h5-6,9-11,14-16,26-27H,8H2,1-4H3/b22-10+/t14-,15-,16-,19+/m0/s1. The van der Waals surface area contributed by atoms with E-state index in [0.29, 0.717) is 17.0 Å². The highest BCUT2D eigenvalue weighted by molar-refractivity contribution is 5.72. The number of hydrogen-bond acceptors (Lipinski definition) is 9. The van der Waals surface area contributed by atoms with Crippen LogP contribution in [0.4, 0.5) is 5.82 Å². The zero-order valence-corrected chi connectivity index (χ0v) is 17.1. The number of ether oxygens (including phenoxy) is 2. The Kier molecular flexibility index (Phi) is 6.02. The molecular weight excluding hydrogens is 392 g/mol. The van der Waals surface area contributed by atoms with E-state index in [-0.39, 0.29) is 0 Å². The molecule has 11 heteroatoms. The summed E-state index contributed by atoms with van der Waals surface area (Å²) in [6.45, 7) is 2.79. The lowest BCUT2D eigenvalue weighted by Crippen LogP contribution is -2.46. The van der Waals surface area contributed by atoms with Crippen molar-refractivity contribution in [3.63, 3.8) is 0 Å². The lowest BCUT2D eigenvalue weighted by molar-refractivity contribution is -0.158. The summed E-state index contributed by atoms with van der Waals surface area (Å²) in [4.78, 5) is 22.0. The lowest BCUT2D eigenvalue weighted by Gasteiger charge is -2.24. The molecule has 3 heterocycles. The predicted molar refractivity (Wildman–Crippen MR) is 105 cm³/mol. The van der Waals surface area contributed by atoms with Crippen molar-refractivity contribution in [1.29, 1.82) is 5.26 Å². The molecule has 2 aromatic rings. The number of aliphatic hydroxyl groups excluding tert-OH is 2. The van der Waals surface area contributed by atoms with E-state index in [4.69, 9.17) is 9.47 Å². The first-order valence-electron chi connectivity index (χ1n) is 9.35. The van der Waals surface area contributed by atoms with E-state index in [1.807, 2.05) is 20.2 Å². The molecule has 1 aliphatic heterocycles. The molecule has 0 saturated carbocycles. The van der Waals surface area contributed by atoms with Crippen molar-refractivity contribution in [3.8, 4) is 6.07 Å². The first kappa shape index (κ1) is 21.6. The van der Waals surface area contributed by atoms with Crippen LogP contribution in [0.2, 0.25) is 0 Å². The largest absolute Gasteiger partial charge is 0.461 e. The summed E-state index contributed by atoms with van der Waals surface area (Å²) in [5.74, 6) is -0.551. The molecule has 0 aliphatic carbocycles. The normalized spacial score (nSPS) is 26.4. The third kappa shape index (κ3) is 3.85. The lowest BCUT2D eigenvalue weighted by atomic mass is 9.96. The fourth-order valence-corrected chi connectivity index (χ4v) is 3.06. The van der Waals surface area contributed by atoms with Crippen molar-refractivity contribution in [2.24, 2.45) is 10.9 Å². The van der Waals surface area contributed by atoms with Gasteiger partial charge in [0.2, 0.25) is 5.60 Å². The van der Waals surface area contributed by atoms with E-state index in [1.165, 1.54) is 10.8 Å². The van der Waals surface area contributed by atoms with Gasteiger partial charge in [0.1, 0.15) is 42.8 Å². The second-order valence-electron chi connectivity index (χ2n) is 7.58. The Bertz CT molecular complexity index is 997. The number of aromatic nitrogens is 3. The number of carbonyl (C=O) groups excluding carboxylic acids is 1. The maximum atomic E-state index is 11.8. The number of aliphatic hydroxyl groups is 2. The topological polar surface area (TPSA) is 146 Å². The number of rotatable bonds is 6. The molecule has 1 fully saturated rings. The van der Waals surface area contributed by atoms with Crippen LogP contribution in [0, 0.1) is 17.2 Å². The minimum Gasteiger partial charge on any atom is -0.461 e. The summed E-state index contributed by atoms with van der Waals surface area (Å²) < 4.78 is 12.4. The number of nitriles is 1. The van der Waals surface area contributed by atoms with Crippen LogP contribution >= 0.6 is 0 Å². The molecule has 2 aromatic heterocycles. The van der Waals surface area contributed by atoms with E-state index in [9.17, 15) is 20.3 Å². The van der Waals surface area contributed by atoms with E-state index in [2.05, 4.69) is 15.1 Å². The fourth-order valence-electron chi connectivity index (χ4n) is 3.06. The summed E-state index contributed by atoms with van der Waals surface area (Å²) in [5.41, 5.74) is -0.957. The highest BCUT2D eigenvalue weighted by atomic mass is 16.6. The second-order valence-corrected chi connectivity index (χ2v) is 7.58. The molecule has 160 valence electrons. The van der Waals surface area contributed by atoms with E-state index in [1.54, 1.807) is 37.2 Å². The first-order valence-corrected chi connectivity index (χ1v) is 9.35. The second kappa shape index (κ2) is 8.35. The van der Waals surface area contributed by atoms with Crippen LogP contribution in [0.15, 0.2) is 23.5 Å². The van der Waals surface area contributed by atoms with Gasteiger partial charge in [-0.2, -0.15) is 10.4 Å². The smallest absolute Gasteiger partial charge is 0.308 e. The van der Waals surface area contributed by atoms with Crippen molar-refractivity contribution < 1.29 is 24.5 Å². The number of aliphatic imine (C=N–C) groups is 1. The Morgan fingerprint density at radius 1 is 1.50 bits per heavy atom. The summed E-state index contributed by atoms with van der Waals surface area (Å²) >= 11 is 0. The first-order chi connectivity index (χ1) is 14.2. The van der Waals surface area contributed by atoms with Crippen molar-refractivity contribution >= 4 is 23.6 Å². The molecule has 0 spiro atoms. The van der Waals surface area contributed by atoms with Crippen LogP contribution in [0.25, 0.3) is 5.52 Å². The molecule has 0 bridgehead atoms. The van der Waals surface area contributed by atoms with Gasteiger partial charge in [-0.3, -0.25) is 4.79 Å². The molecule has 1 saturated heterocycles. The van der Waals surface area contributed by atoms with Crippen molar-refractivity contribution in [2.45, 2.75) is 37.8 Å². The predicted octanol–water partition coefficient (Wildman–Crippen LogP) is 0.205. The van der Waals surface area contributed by atoms with Gasteiger partial charge < -0.3 is 24.6 Å². The third-order valence-corrected chi connectivity index (χ3v) is 4.70. The Morgan fingerprint density at radius 2 is 2.23 bits per heavy atom. The minimum absolute atomic E-state index is 0.396. The number of fused-ring (bicyclic) bond motifs is 1. The Morgan fingerprint density at radius 3 is 2.87 bits per heavy atom. The van der Waals surface area contributed by atoms with Gasteiger partial charge in [-0.1, -0.05) is 13.8 Å². The molecule has 2 N–H and O–H groups in total. The number of hydrogen-bond donors (Lipinski definition) is 2. The molecule has 0 amide bonds. The Balaban J connectivity index is 1.93. The van der Waals surface area contributed by atoms with Crippen LogP contribution in [-0.2, 0) is 14.3 Å². The van der Waals surface area contributed by atoms with E-state index < -0.39 is 42.4 Å². The SMILES string of the molecule is CC(C)C(=O)OC[C@@]1(C#N)O[C@@H](c2ccc3c(/N=C/N(C)C)ncnn23)[C@H](O)[C@@H]1O. The van der Waals surface area contributed by atoms with Gasteiger partial charge in [0.05, 0.1) is 18.0 Å². The zero-order valence-electron chi connectivity index (χ0n) is 17.1. The van der Waals surface area contributed by atoms with E-state index >= 15 is 0 Å². The van der Waals surface area contributed by atoms with Gasteiger partial charge in [-0.05, 0) is 12.1 Å². The quantitative estimate of drug-likeness (QED) is 0.383. The number of carbonyl (C=O) groups is 1. The highest BCUT2D eigenvalue weighted by Crippen LogP contribution is 2.41. The van der Waals surface area contributed by atoms with Gasteiger partial charge in [0.15, 0.2) is 5.82 Å². The van der Waals surface area contributed by atoms with Gasteiger partial charge in [-0.25, -0.2) is 14.5 Å². The highest BCUT2D eigenvalue weighted by Gasteiger charge is 2.57. The molecule has 11 nitrogen and oxygen atoms in total. The molecular formula is C19H24N6O5. The van der Waals surface area contributed by atoms with Crippen molar-refractivity contribution in [2.75, 3.05) is 20.7 Å². The van der Waals surface area contributed by atoms with Crippen LogP contribution in [0.1, 0.15) is 25.6 Å². The van der Waals surface area contributed by atoms with Crippen LogP contribution < -0.4 is 0 Å². The number of esters is 1. The molecule has 30 heavy (non-hydrogen) atoms. The molecule has 4 atom stereocenters. The average Bonchev–Trinajstić information content (AvgIpc) is 3.25. The summed E-state index contributed by atoms with van der Waals surface area (Å²) in [7, 11) is 3.65. The summed E-state index contributed by atoms with van der Waals surface area (Å²) in [6.07, 6.45) is -1.22. The molecule has 0 unspecified atom stereocenters. The van der Waals surface area contributed by atoms with Crippen LogP contribution in [0.5, 0.6) is 0 Å². The Hall–Kier alpha value is -3.07. The summed E-state index contributed by atoms with van der Waals surface area (Å²) in [5, 5.41) is 35.0. The summed E-state index contributed by atoms with van der Waals surface area (Å²) in [6, 6.07) is 5.20. The van der Waals surface area contributed by atoms with Crippen LogP contribution in [0.3, 0.4) is 0 Å². The van der Waals surface area contributed by atoms with Gasteiger partial charge in [0, 0.05) is 14.1 Å². The fraction of sp³-hybridized carbons (Fsp3) is 0.526. The average molecular weight is 416 g/mol. The van der Waals surface area contributed by atoms with Crippen molar-refractivity contribution in [1.82, 2.24) is 19.5 Å². The maximum absolute atomic E-state index is 11.8. The van der Waals surface area contributed by atoms with Crippen LogP contribution in [-0.4, -0.2) is 80.5 Å². The maximum Gasteiger partial charge on any atom is 0.308 e. The van der Waals surface area contributed by atoms with E-state index in [0.717, 1.165) is 0 Å². The van der Waals surface area contributed by atoms with Crippen molar-refractivity contribution in [3.05, 3.63) is 24.2 Å². The van der Waals surface area contributed by atoms with Gasteiger partial charge in [0.25, 0.3) is 0 Å². The minimum atomic E-state index is -1.91. The molecule has 0 aromatic carbocycles.